The van der Waals surface area contributed by atoms with Crippen LogP contribution >= 0.6 is 0 Å². The fraction of sp³-hybridized carbons (Fsp3) is 0.467. The highest BCUT2D eigenvalue weighted by atomic mass is 16.6. The van der Waals surface area contributed by atoms with Gasteiger partial charge in [-0.05, 0) is 16.4 Å². The maximum atomic E-state index is 11.0. The molecule has 1 saturated heterocycles. The van der Waals surface area contributed by atoms with Gasteiger partial charge in [-0.25, -0.2) is 9.31 Å². The largest absolute Gasteiger partial charge is 0.388 e. The molecule has 0 aliphatic carbocycles. The number of fused-ring (bicyclic) bond motifs is 1. The predicted molar refractivity (Wildman–Crippen MR) is 94.7 cm³/mol. The summed E-state index contributed by atoms with van der Waals surface area (Å²) in [7, 11) is 0. The van der Waals surface area contributed by atoms with Gasteiger partial charge in [-0.3, -0.25) is 10.1 Å². The van der Waals surface area contributed by atoms with E-state index in [-0.39, 0.29) is 29.8 Å². The highest BCUT2D eigenvalue weighted by Gasteiger charge is 2.43. The molecule has 0 bridgehead atoms. The van der Waals surface area contributed by atoms with E-state index in [1.54, 1.807) is 0 Å². The van der Waals surface area contributed by atoms with Crippen LogP contribution in [0, 0.1) is 10.1 Å². The van der Waals surface area contributed by atoms with Crippen molar-refractivity contribution in [3.63, 3.8) is 0 Å². The zero-order chi connectivity index (χ0) is 21.4. The van der Waals surface area contributed by atoms with Crippen LogP contribution in [0.2, 0.25) is 0 Å². The highest BCUT2D eigenvalue weighted by Crippen LogP contribution is 2.29. The van der Waals surface area contributed by atoms with Crippen molar-refractivity contribution in [2.75, 3.05) is 5.32 Å². The molecule has 5 atom stereocenters. The fourth-order valence-corrected chi connectivity index (χ4v) is 3.10. The first-order valence-electron chi connectivity index (χ1n) is 8.75. The number of hydrogen-bond donors (Lipinski definition) is 5. The summed E-state index contributed by atoms with van der Waals surface area (Å²) in [5, 5.41) is 68.0. The van der Waals surface area contributed by atoms with Gasteiger partial charge >= 0.3 is 5.69 Å². The number of ether oxygens (including phenoxy) is 1. The van der Waals surface area contributed by atoms with Crippen molar-refractivity contribution < 1.29 is 34.7 Å². The third-order valence-corrected chi connectivity index (χ3v) is 4.69. The van der Waals surface area contributed by atoms with E-state index in [1.807, 2.05) is 0 Å². The number of aromatic nitrogens is 5. The Morgan fingerprint density at radius 2 is 1.90 bits per heavy atom. The minimum absolute atomic E-state index is 0.0105. The number of non-ortho nitro benzene ring substituents is 1. The molecule has 0 radical (unpaired) electrons. The Morgan fingerprint density at radius 3 is 2.67 bits per heavy atom. The van der Waals surface area contributed by atoms with Gasteiger partial charge in [0.2, 0.25) is 5.52 Å². The SMILES string of the molecule is O=[N+]([O-])c1ccc(NCc2cn(C[C@H]3OC(O)[C@H](O)[C@@H](O)[C@@H]3O)nn2)c2nonc12. The minimum Gasteiger partial charge on any atom is -0.388 e. The second kappa shape index (κ2) is 7.88. The molecule has 1 unspecified atom stereocenters. The quantitative estimate of drug-likeness (QED) is 0.217. The molecule has 0 spiro atoms. The lowest BCUT2D eigenvalue weighted by Gasteiger charge is -2.38. The minimum atomic E-state index is -1.64. The van der Waals surface area contributed by atoms with Crippen molar-refractivity contribution >= 4 is 22.4 Å². The van der Waals surface area contributed by atoms with E-state index in [9.17, 15) is 30.5 Å². The van der Waals surface area contributed by atoms with Gasteiger partial charge in [0.1, 0.15) is 30.1 Å². The number of aliphatic hydroxyl groups excluding tert-OH is 4. The van der Waals surface area contributed by atoms with E-state index < -0.39 is 35.6 Å². The Morgan fingerprint density at radius 1 is 1.13 bits per heavy atom. The van der Waals surface area contributed by atoms with E-state index in [1.165, 1.54) is 23.0 Å². The number of nitrogens with one attached hydrogen (secondary N) is 1. The molecule has 4 rings (SSSR count). The fourth-order valence-electron chi connectivity index (χ4n) is 3.10. The summed E-state index contributed by atoms with van der Waals surface area (Å²) >= 11 is 0. The monoisotopic (exact) mass is 423 g/mol. The molecule has 3 heterocycles. The van der Waals surface area contributed by atoms with E-state index in [4.69, 9.17) is 4.74 Å². The molecule has 1 fully saturated rings. The summed E-state index contributed by atoms with van der Waals surface area (Å²) in [6, 6.07) is 2.74. The van der Waals surface area contributed by atoms with Gasteiger partial charge in [-0.1, -0.05) is 5.21 Å². The van der Waals surface area contributed by atoms with Gasteiger partial charge in [0, 0.05) is 6.07 Å². The molecule has 5 N–H and O–H groups in total. The molecular formula is C15H17N7O8. The Balaban J connectivity index is 1.42. The number of benzene rings is 1. The van der Waals surface area contributed by atoms with Crippen molar-refractivity contribution in [2.45, 2.75) is 43.8 Å². The lowest BCUT2D eigenvalue weighted by molar-refractivity contribution is -0.383. The lowest BCUT2D eigenvalue weighted by Crippen LogP contribution is -2.58. The first-order valence-corrected chi connectivity index (χ1v) is 8.75. The number of nitrogens with zero attached hydrogens (tertiary/aromatic N) is 6. The maximum absolute atomic E-state index is 11.0. The van der Waals surface area contributed by atoms with Crippen LogP contribution in [-0.2, 0) is 17.8 Å². The van der Waals surface area contributed by atoms with Gasteiger partial charge in [0.15, 0.2) is 11.8 Å². The molecule has 1 aromatic carbocycles. The Bertz CT molecular complexity index is 1050. The number of anilines is 1. The summed E-state index contributed by atoms with van der Waals surface area (Å²) in [4.78, 5) is 10.4. The zero-order valence-electron chi connectivity index (χ0n) is 15.1. The molecule has 2 aromatic heterocycles. The van der Waals surface area contributed by atoms with Crippen molar-refractivity contribution in [3.05, 3.63) is 34.1 Å². The second-order valence-electron chi connectivity index (χ2n) is 6.67. The molecule has 15 nitrogen and oxygen atoms in total. The van der Waals surface area contributed by atoms with Crippen molar-refractivity contribution in [1.82, 2.24) is 25.3 Å². The van der Waals surface area contributed by atoms with Crippen LogP contribution in [0.15, 0.2) is 23.0 Å². The molecule has 15 heteroatoms. The Hall–Kier alpha value is -3.24. The third kappa shape index (κ3) is 3.66. The molecule has 0 amide bonds. The molecule has 1 aliphatic rings. The summed E-state index contributed by atoms with van der Waals surface area (Å²) in [6.07, 6.45) is -5.73. The summed E-state index contributed by atoms with van der Waals surface area (Å²) < 4.78 is 11.0. The Labute approximate surface area is 166 Å². The van der Waals surface area contributed by atoms with Crippen molar-refractivity contribution in [2.24, 2.45) is 0 Å². The standard InChI is InChI=1S/C15H17N7O8/c23-12-9(29-15(26)14(25)13(12)24)5-21-4-6(17-20-21)3-16-7-1-2-8(22(27)28)11-10(7)18-30-19-11/h1-2,4,9,12-16,23-26H,3,5H2/t9-,12-,13+,14-,15?/m1/s1. The molecule has 30 heavy (non-hydrogen) atoms. The normalized spacial score (nSPS) is 26.7. The summed E-state index contributed by atoms with van der Waals surface area (Å²) in [5.74, 6) is 0. The number of nitro groups is 1. The van der Waals surface area contributed by atoms with Crippen LogP contribution in [0.1, 0.15) is 5.69 Å². The zero-order valence-corrected chi connectivity index (χ0v) is 15.1. The van der Waals surface area contributed by atoms with Gasteiger partial charge in [-0.2, -0.15) is 0 Å². The number of aliphatic hydroxyl groups is 4. The summed E-state index contributed by atoms with van der Waals surface area (Å²) in [6.45, 7) is 0.141. The first kappa shape index (κ1) is 20.0. The molecule has 1 aliphatic heterocycles. The first-order chi connectivity index (χ1) is 14.3. The average molecular weight is 423 g/mol. The number of rotatable bonds is 6. The lowest BCUT2D eigenvalue weighted by atomic mass is 9.99. The number of nitro benzene ring substituents is 1. The second-order valence-corrected chi connectivity index (χ2v) is 6.67. The van der Waals surface area contributed by atoms with Crippen LogP contribution in [0.5, 0.6) is 0 Å². The van der Waals surface area contributed by atoms with Crippen LogP contribution in [0.3, 0.4) is 0 Å². The van der Waals surface area contributed by atoms with Gasteiger partial charge in [0.25, 0.3) is 0 Å². The molecule has 0 saturated carbocycles. The van der Waals surface area contributed by atoms with E-state index in [0.29, 0.717) is 11.4 Å². The maximum Gasteiger partial charge on any atom is 0.300 e. The molecular weight excluding hydrogens is 406 g/mol. The van der Waals surface area contributed by atoms with Gasteiger partial charge < -0.3 is 30.5 Å². The van der Waals surface area contributed by atoms with Gasteiger partial charge in [0.05, 0.1) is 29.9 Å². The smallest absolute Gasteiger partial charge is 0.300 e. The van der Waals surface area contributed by atoms with Crippen LogP contribution in [0.25, 0.3) is 11.0 Å². The van der Waals surface area contributed by atoms with E-state index in [2.05, 4.69) is 30.6 Å². The highest BCUT2D eigenvalue weighted by molar-refractivity contribution is 5.93. The van der Waals surface area contributed by atoms with E-state index in [0.717, 1.165) is 0 Å². The Kier molecular flexibility index (Phi) is 5.27. The van der Waals surface area contributed by atoms with E-state index >= 15 is 0 Å². The average Bonchev–Trinajstić information content (AvgIpc) is 3.38. The van der Waals surface area contributed by atoms with Crippen LogP contribution < -0.4 is 5.32 Å². The van der Waals surface area contributed by atoms with Crippen molar-refractivity contribution in [3.8, 4) is 0 Å². The predicted octanol–water partition coefficient (Wildman–Crippen LogP) is -1.87. The van der Waals surface area contributed by atoms with Crippen molar-refractivity contribution in [1.29, 1.82) is 0 Å². The summed E-state index contributed by atoms with van der Waals surface area (Å²) in [5.41, 5.74) is 0.888. The van der Waals surface area contributed by atoms with Gasteiger partial charge in [-0.15, -0.1) is 5.10 Å². The topological polar surface area (TPSA) is 215 Å². The number of hydrogen-bond acceptors (Lipinski definition) is 13. The third-order valence-electron chi connectivity index (χ3n) is 4.69. The molecule has 160 valence electrons. The molecule has 3 aromatic rings. The van der Waals surface area contributed by atoms with Crippen LogP contribution in [0.4, 0.5) is 11.4 Å². The van der Waals surface area contributed by atoms with Crippen LogP contribution in [-0.4, -0.2) is 81.4 Å².